The van der Waals surface area contributed by atoms with Gasteiger partial charge in [0.2, 0.25) is 0 Å². The molecule has 0 aliphatic carbocycles. The average molecular weight is 268 g/mol. The molecule has 5 heteroatoms. The molecule has 0 fully saturated rings. The van der Waals surface area contributed by atoms with Gasteiger partial charge in [-0.25, -0.2) is 4.39 Å². The molecule has 5 N–H and O–H groups in total. The third-order valence-electron chi connectivity index (χ3n) is 2.38. The van der Waals surface area contributed by atoms with Crippen molar-refractivity contribution in [3.8, 4) is 0 Å². The Hall–Kier alpha value is -1.65. The van der Waals surface area contributed by atoms with Crippen molar-refractivity contribution in [1.29, 1.82) is 10.8 Å². The smallest absolute Gasteiger partial charge is 0.146 e. The van der Waals surface area contributed by atoms with Gasteiger partial charge in [-0.15, -0.1) is 0 Å². The molecule has 0 radical (unpaired) electrons. The summed E-state index contributed by atoms with van der Waals surface area (Å²) in [6.45, 7) is 7.62. The Morgan fingerprint density at radius 2 is 2.00 bits per heavy atom. The van der Waals surface area contributed by atoms with E-state index in [0.717, 1.165) is 6.54 Å². The Labute approximate surface area is 115 Å². The second kappa shape index (κ2) is 7.71. The van der Waals surface area contributed by atoms with Crippen molar-refractivity contribution in [3.05, 3.63) is 23.5 Å². The van der Waals surface area contributed by atoms with Gasteiger partial charge in [-0.2, -0.15) is 0 Å². The van der Waals surface area contributed by atoms with Crippen LogP contribution in [-0.4, -0.2) is 24.1 Å². The molecule has 0 heterocycles. The van der Waals surface area contributed by atoms with Crippen molar-refractivity contribution in [2.75, 3.05) is 6.54 Å². The maximum Gasteiger partial charge on any atom is 0.146 e. The summed E-state index contributed by atoms with van der Waals surface area (Å²) in [4.78, 5) is 0. The van der Waals surface area contributed by atoms with Crippen molar-refractivity contribution in [2.45, 2.75) is 39.8 Å². The van der Waals surface area contributed by atoms with Gasteiger partial charge < -0.3 is 21.9 Å². The van der Waals surface area contributed by atoms with Crippen LogP contribution in [0.4, 0.5) is 4.39 Å². The normalized spacial score (nSPS) is 13.6. The summed E-state index contributed by atoms with van der Waals surface area (Å²) in [6, 6.07) is 0. The van der Waals surface area contributed by atoms with Crippen LogP contribution >= 0.6 is 0 Å². The van der Waals surface area contributed by atoms with E-state index in [0.29, 0.717) is 23.6 Å². The second-order valence-electron chi connectivity index (χ2n) is 5.45. The monoisotopic (exact) mass is 268 g/mol. The average Bonchev–Trinajstić information content (AvgIpc) is 2.25. The lowest BCUT2D eigenvalue weighted by atomic mass is 10.0. The third-order valence-corrected chi connectivity index (χ3v) is 2.38. The van der Waals surface area contributed by atoms with Gasteiger partial charge in [0, 0.05) is 31.1 Å². The fourth-order valence-corrected chi connectivity index (χ4v) is 1.21. The first-order valence-corrected chi connectivity index (χ1v) is 6.33. The lowest BCUT2D eigenvalue weighted by molar-refractivity contribution is 0.313. The molecular weight excluding hydrogens is 243 g/mol. The molecule has 0 atom stereocenters. The first kappa shape index (κ1) is 17.4. The Morgan fingerprint density at radius 1 is 1.42 bits per heavy atom. The summed E-state index contributed by atoms with van der Waals surface area (Å²) >= 11 is 0. The molecule has 0 bridgehead atoms. The maximum atomic E-state index is 13.5. The van der Waals surface area contributed by atoms with Crippen LogP contribution in [0, 0.1) is 16.7 Å². The van der Waals surface area contributed by atoms with Gasteiger partial charge in [-0.05, 0) is 31.4 Å². The lowest BCUT2D eigenvalue weighted by Gasteiger charge is -2.13. The first-order valence-electron chi connectivity index (χ1n) is 6.33. The molecule has 0 spiro atoms. The molecule has 0 saturated heterocycles. The van der Waals surface area contributed by atoms with E-state index in [9.17, 15) is 4.39 Å². The van der Waals surface area contributed by atoms with Crippen molar-refractivity contribution in [3.63, 3.8) is 0 Å². The lowest BCUT2D eigenvalue weighted by Crippen LogP contribution is -2.24. The SMILES string of the molecule is CC(C)CN/C=C(\C=N)C/C(N)=C/C(=N)C(C)(C)F. The van der Waals surface area contributed by atoms with E-state index >= 15 is 0 Å². The van der Waals surface area contributed by atoms with Gasteiger partial charge in [-0.3, -0.25) is 0 Å². The molecule has 0 rings (SSSR count). The molecule has 0 aromatic carbocycles. The van der Waals surface area contributed by atoms with Crippen molar-refractivity contribution >= 4 is 11.9 Å². The highest BCUT2D eigenvalue weighted by atomic mass is 19.1. The highest BCUT2D eigenvalue weighted by Gasteiger charge is 2.20. The Morgan fingerprint density at radius 3 is 2.42 bits per heavy atom. The number of allylic oxidation sites excluding steroid dienone is 2. The largest absolute Gasteiger partial charge is 0.402 e. The summed E-state index contributed by atoms with van der Waals surface area (Å²) in [7, 11) is 0. The van der Waals surface area contributed by atoms with Crippen molar-refractivity contribution in [2.24, 2.45) is 11.7 Å². The standard InChI is InChI=1S/C14H25FN4/c1-10(2)8-19-9-11(7-16)5-12(17)6-13(18)14(3,4)15/h6-7,9-10,16,18-19H,5,8,17H2,1-4H3/b11-9-,12-6-,16-7?,18-13?. The minimum atomic E-state index is -1.70. The summed E-state index contributed by atoms with van der Waals surface area (Å²) in [5.74, 6) is 0.511. The van der Waals surface area contributed by atoms with Crippen molar-refractivity contribution < 1.29 is 4.39 Å². The quantitative estimate of drug-likeness (QED) is 0.510. The zero-order valence-electron chi connectivity index (χ0n) is 12.2. The zero-order chi connectivity index (χ0) is 15.1. The molecule has 0 aromatic rings. The van der Waals surface area contributed by atoms with E-state index in [1.807, 2.05) is 0 Å². The number of nitrogens with one attached hydrogen (secondary N) is 3. The molecule has 0 unspecified atom stereocenters. The molecule has 108 valence electrons. The van der Waals surface area contributed by atoms with Crippen LogP contribution in [0.15, 0.2) is 23.5 Å². The number of hydrogen-bond acceptors (Lipinski definition) is 4. The fourth-order valence-electron chi connectivity index (χ4n) is 1.21. The van der Waals surface area contributed by atoms with Crippen LogP contribution in [0.1, 0.15) is 34.1 Å². The van der Waals surface area contributed by atoms with E-state index in [2.05, 4.69) is 19.2 Å². The zero-order valence-corrected chi connectivity index (χ0v) is 12.2. The molecule has 0 aliphatic heterocycles. The Bertz CT molecular complexity index is 375. The minimum absolute atomic E-state index is 0.163. The molecule has 0 aliphatic rings. The molecule has 4 nitrogen and oxygen atoms in total. The molecule has 19 heavy (non-hydrogen) atoms. The van der Waals surface area contributed by atoms with Crippen LogP contribution in [-0.2, 0) is 0 Å². The first-order chi connectivity index (χ1) is 8.66. The van der Waals surface area contributed by atoms with Crippen LogP contribution < -0.4 is 11.1 Å². The van der Waals surface area contributed by atoms with Gasteiger partial charge in [0.25, 0.3) is 0 Å². The van der Waals surface area contributed by atoms with Crippen LogP contribution in [0.25, 0.3) is 0 Å². The predicted octanol–water partition coefficient (Wildman–Crippen LogP) is 2.77. The van der Waals surface area contributed by atoms with Gasteiger partial charge >= 0.3 is 0 Å². The van der Waals surface area contributed by atoms with Crippen LogP contribution in [0.2, 0.25) is 0 Å². The summed E-state index contributed by atoms with van der Waals surface area (Å²) in [5, 5.41) is 17.9. The van der Waals surface area contributed by atoms with Crippen LogP contribution in [0.5, 0.6) is 0 Å². The highest BCUT2D eigenvalue weighted by molar-refractivity contribution is 5.99. The molecule has 0 aromatic heterocycles. The summed E-state index contributed by atoms with van der Waals surface area (Å²) in [5.41, 5.74) is 4.96. The van der Waals surface area contributed by atoms with Crippen molar-refractivity contribution in [1.82, 2.24) is 5.32 Å². The summed E-state index contributed by atoms with van der Waals surface area (Å²) < 4.78 is 13.5. The number of halogens is 1. The van der Waals surface area contributed by atoms with E-state index in [4.69, 9.17) is 16.6 Å². The fraction of sp³-hybridized carbons (Fsp3) is 0.571. The Kier molecular flexibility index (Phi) is 7.04. The van der Waals surface area contributed by atoms with Gasteiger partial charge in [0.15, 0.2) is 0 Å². The topological polar surface area (TPSA) is 85.8 Å². The molecular formula is C14H25FN4. The van der Waals surface area contributed by atoms with Gasteiger partial charge in [-0.1, -0.05) is 13.8 Å². The van der Waals surface area contributed by atoms with Crippen LogP contribution in [0.3, 0.4) is 0 Å². The number of hydrogen-bond donors (Lipinski definition) is 4. The number of alkyl halides is 1. The molecule has 0 saturated carbocycles. The minimum Gasteiger partial charge on any atom is -0.402 e. The number of rotatable bonds is 8. The summed E-state index contributed by atoms with van der Waals surface area (Å²) in [6.07, 6.45) is 4.59. The number of nitrogens with two attached hydrogens (primary N) is 1. The third kappa shape index (κ3) is 8.13. The van der Waals surface area contributed by atoms with Gasteiger partial charge in [0.05, 0.1) is 5.71 Å². The van der Waals surface area contributed by atoms with Gasteiger partial charge in [0.1, 0.15) is 5.67 Å². The Balaban J connectivity index is 4.58. The van der Waals surface area contributed by atoms with E-state index in [1.165, 1.54) is 26.1 Å². The second-order valence-corrected chi connectivity index (χ2v) is 5.45. The maximum absolute atomic E-state index is 13.5. The van der Waals surface area contributed by atoms with E-state index in [1.54, 1.807) is 6.20 Å². The molecule has 0 amide bonds. The highest BCUT2D eigenvalue weighted by Crippen LogP contribution is 2.13. The van der Waals surface area contributed by atoms with E-state index in [-0.39, 0.29) is 5.71 Å². The predicted molar refractivity (Wildman–Crippen MR) is 79.5 cm³/mol. The van der Waals surface area contributed by atoms with E-state index < -0.39 is 5.67 Å².